The summed E-state index contributed by atoms with van der Waals surface area (Å²) in [5, 5.41) is 3.86. The number of carbonyl (C=O) groups excluding carboxylic acids is 5. The molecule has 6 bridgehead atoms. The van der Waals surface area contributed by atoms with Crippen molar-refractivity contribution in [3.63, 3.8) is 0 Å². The molecule has 15 nitrogen and oxygen atoms in total. The third kappa shape index (κ3) is 11.3. The summed E-state index contributed by atoms with van der Waals surface area (Å²) in [6, 6.07) is 5.94. The fraction of sp³-hybridized carbons (Fsp3) is 0.510. The third-order valence-corrected chi connectivity index (χ3v) is 13.5. The highest BCUT2D eigenvalue weighted by atomic mass is 19.4. The van der Waals surface area contributed by atoms with Crippen LogP contribution in [-0.4, -0.2) is 129 Å². The number of hydrogen-bond donors (Lipinski definition) is 2. The molecule has 2 fully saturated rings. The molecule has 4 aromatic rings. The Labute approximate surface area is 413 Å². The molecule has 0 radical (unpaired) electrons. The van der Waals surface area contributed by atoms with E-state index in [4.69, 9.17) is 14.5 Å². The van der Waals surface area contributed by atoms with Gasteiger partial charge in [0, 0.05) is 74.0 Å². The molecule has 6 heterocycles. The molecule has 0 aliphatic carbocycles. The van der Waals surface area contributed by atoms with Crippen LogP contribution in [0, 0.1) is 11.3 Å². The van der Waals surface area contributed by atoms with Crippen LogP contribution in [0.15, 0.2) is 61.3 Å². The average molecular weight is 1010 g/mol. The molecular weight excluding hydrogens is 951 g/mol. The van der Waals surface area contributed by atoms with Crippen molar-refractivity contribution < 1.29 is 59.8 Å². The van der Waals surface area contributed by atoms with Crippen LogP contribution in [0.4, 0.5) is 26.3 Å². The number of methoxy groups -OCH3 is 1. The van der Waals surface area contributed by atoms with Gasteiger partial charge in [0.2, 0.25) is 17.5 Å². The summed E-state index contributed by atoms with van der Waals surface area (Å²) < 4.78 is 103. The fourth-order valence-electron chi connectivity index (χ4n) is 9.96. The molecule has 3 aliphatic heterocycles. The summed E-state index contributed by atoms with van der Waals surface area (Å²) in [5.74, 6) is -4.68. The van der Waals surface area contributed by atoms with Crippen LogP contribution in [0.3, 0.4) is 0 Å². The monoisotopic (exact) mass is 1010 g/mol. The molecule has 1 aromatic carbocycles. The molecule has 5 atom stereocenters. The number of likely N-dealkylation sites (tertiary alicyclic amines) is 1. The number of hydrogen-bond acceptors (Lipinski definition) is 10. The summed E-state index contributed by atoms with van der Waals surface area (Å²) in [6.45, 7) is 9.64. The highest BCUT2D eigenvalue weighted by molar-refractivity contribution is 5.96. The number of rotatable bonds is 11. The van der Waals surface area contributed by atoms with E-state index in [0.29, 0.717) is 23.2 Å². The number of halogens is 6. The minimum Gasteiger partial charge on any atom is -0.464 e. The predicted octanol–water partition coefficient (Wildman–Crippen LogP) is 7.23. The number of carbonyl (C=O) groups is 5. The van der Waals surface area contributed by atoms with E-state index in [0.717, 1.165) is 31.5 Å². The predicted molar refractivity (Wildman–Crippen MR) is 253 cm³/mol. The van der Waals surface area contributed by atoms with Gasteiger partial charge >= 0.3 is 12.1 Å². The second-order valence-corrected chi connectivity index (χ2v) is 20.0. The van der Waals surface area contributed by atoms with E-state index in [1.165, 1.54) is 44.6 Å². The Hall–Kier alpha value is -6.35. The lowest BCUT2D eigenvalue weighted by atomic mass is 9.85. The van der Waals surface area contributed by atoms with Gasteiger partial charge in [-0.2, -0.15) is 13.2 Å². The number of fused-ring (bicyclic) bond motifs is 6. The van der Waals surface area contributed by atoms with Crippen molar-refractivity contribution in [2.24, 2.45) is 11.3 Å². The van der Waals surface area contributed by atoms with E-state index < -0.39 is 109 Å². The normalized spacial score (nSPS) is 21.6. The Balaban J connectivity index is 1.38. The number of amides is 4. The van der Waals surface area contributed by atoms with Crippen LogP contribution in [-0.2, 0) is 52.8 Å². The number of benzene rings is 1. The lowest BCUT2D eigenvalue weighted by Gasteiger charge is -2.37. The van der Waals surface area contributed by atoms with Crippen molar-refractivity contribution in [2.45, 2.75) is 116 Å². The number of nitrogens with zero attached hydrogens (tertiary/aromatic N) is 6. The van der Waals surface area contributed by atoms with E-state index in [9.17, 15) is 45.9 Å². The molecule has 3 aliphatic rings. The number of esters is 1. The van der Waals surface area contributed by atoms with Gasteiger partial charge < -0.3 is 29.2 Å². The lowest BCUT2D eigenvalue weighted by Crippen LogP contribution is -2.62. The maximum absolute atomic E-state index is 16.3. The fourth-order valence-corrected chi connectivity index (χ4v) is 9.96. The van der Waals surface area contributed by atoms with Crippen LogP contribution >= 0.6 is 0 Å². The SMILES string of the molecule is C=CC(=O)N1CC[C@](F)(C(=O)N(C)C(C(=O)N[C@H]2Cc3cc(cc(C(F)F)c3)-c3ccc4c(n3)c(c(-c3cccnc3[C@H](C)OC)n4CC(F)(F)F)CC(C)(C)COC(=O)[C@@H]3CCCN(N3)C2=O)C(C)C)C1. The van der Waals surface area contributed by atoms with Crippen molar-refractivity contribution in [1.29, 1.82) is 0 Å². The van der Waals surface area contributed by atoms with Gasteiger partial charge in [0.25, 0.3) is 18.2 Å². The number of cyclic esters (lactones) is 1. The molecule has 7 rings (SSSR count). The summed E-state index contributed by atoms with van der Waals surface area (Å²) in [6.07, 6.45) is -6.17. The van der Waals surface area contributed by atoms with E-state index >= 15 is 4.39 Å². The summed E-state index contributed by atoms with van der Waals surface area (Å²) >= 11 is 0. The zero-order chi connectivity index (χ0) is 52.6. The Kier molecular flexibility index (Phi) is 15.6. The quantitative estimate of drug-likeness (QED) is 0.0889. The van der Waals surface area contributed by atoms with E-state index in [1.807, 2.05) is 0 Å². The van der Waals surface area contributed by atoms with Crippen LogP contribution in [0.5, 0.6) is 0 Å². The minimum atomic E-state index is -4.73. The first kappa shape index (κ1) is 53.4. The molecule has 0 saturated carbocycles. The number of hydrazine groups is 1. The molecule has 2 N–H and O–H groups in total. The Morgan fingerprint density at radius 1 is 1.10 bits per heavy atom. The maximum Gasteiger partial charge on any atom is 0.406 e. The maximum atomic E-state index is 16.3. The molecular formula is C51H60F6N8O7. The second-order valence-electron chi connectivity index (χ2n) is 20.0. The zero-order valence-electron chi connectivity index (χ0n) is 41.2. The van der Waals surface area contributed by atoms with E-state index in [1.54, 1.807) is 46.8 Å². The van der Waals surface area contributed by atoms with Gasteiger partial charge in [-0.15, -0.1) is 0 Å². The second kappa shape index (κ2) is 21.0. The van der Waals surface area contributed by atoms with Gasteiger partial charge in [0.05, 0.1) is 47.4 Å². The molecule has 2 saturated heterocycles. The lowest BCUT2D eigenvalue weighted by molar-refractivity contribution is -0.155. The number of aromatic nitrogens is 3. The molecule has 3 aromatic heterocycles. The summed E-state index contributed by atoms with van der Waals surface area (Å²) in [4.78, 5) is 80.8. The van der Waals surface area contributed by atoms with Crippen LogP contribution in [0.1, 0.15) is 88.8 Å². The number of pyridine rings is 2. The van der Waals surface area contributed by atoms with Crippen molar-refractivity contribution in [3.05, 3.63) is 83.7 Å². The van der Waals surface area contributed by atoms with E-state index in [2.05, 4.69) is 22.3 Å². The standard InChI is InChI=1S/C51H60F6N8O7/c1-9-39(66)63-19-16-50(54,25-63)48(70)62(7)42(28(2)3)45(67)60-37-22-30-20-31(23-32(21-30)44(52)53)35-14-15-38-41(59-35)34(24-49(5,6)27-72-47(69)36-13-11-18-65(61-36)46(37)68)43(64(38)26-51(55,56)57)33-12-10-17-58-40(33)29(4)71-8/h9-10,12,14-15,17,20-21,23,28-29,36-37,42,44,61H,1,11,13,16,18-19,22,24-27H2,2-8H3,(H,60,67)/t29-,36-,37-,42?,50+/m0/s1. The van der Waals surface area contributed by atoms with Gasteiger partial charge in [-0.1, -0.05) is 40.3 Å². The van der Waals surface area contributed by atoms with E-state index in [-0.39, 0.29) is 72.5 Å². The molecule has 72 heavy (non-hydrogen) atoms. The number of ether oxygens (including phenoxy) is 2. The minimum absolute atomic E-state index is 0.00737. The highest BCUT2D eigenvalue weighted by Gasteiger charge is 2.50. The van der Waals surface area contributed by atoms with Crippen molar-refractivity contribution >= 4 is 40.6 Å². The van der Waals surface area contributed by atoms with Gasteiger partial charge in [0.1, 0.15) is 24.7 Å². The first-order chi connectivity index (χ1) is 33.8. The number of alkyl halides is 6. The Morgan fingerprint density at radius 3 is 2.50 bits per heavy atom. The first-order valence-corrected chi connectivity index (χ1v) is 23.8. The van der Waals surface area contributed by atoms with Crippen LogP contribution in [0.2, 0.25) is 0 Å². The summed E-state index contributed by atoms with van der Waals surface area (Å²) in [5.41, 5.74) is 0.600. The van der Waals surface area contributed by atoms with Crippen LogP contribution in [0.25, 0.3) is 33.5 Å². The first-order valence-electron chi connectivity index (χ1n) is 23.8. The topological polar surface area (TPSA) is 168 Å². The molecule has 4 amide bonds. The summed E-state index contributed by atoms with van der Waals surface area (Å²) in [7, 11) is 2.69. The van der Waals surface area contributed by atoms with Crippen LogP contribution < -0.4 is 10.7 Å². The highest BCUT2D eigenvalue weighted by Crippen LogP contribution is 2.42. The molecule has 1 unspecified atom stereocenters. The van der Waals surface area contributed by atoms with Crippen molar-refractivity contribution in [3.8, 4) is 22.5 Å². The average Bonchev–Trinajstić information content (AvgIpc) is 3.88. The van der Waals surface area contributed by atoms with Gasteiger partial charge in [-0.05, 0) is 80.1 Å². The van der Waals surface area contributed by atoms with Gasteiger partial charge in [-0.25, -0.2) is 23.6 Å². The zero-order valence-corrected chi connectivity index (χ0v) is 41.2. The van der Waals surface area contributed by atoms with Crippen molar-refractivity contribution in [2.75, 3.05) is 40.4 Å². The smallest absolute Gasteiger partial charge is 0.406 e. The third-order valence-electron chi connectivity index (χ3n) is 13.5. The van der Waals surface area contributed by atoms with Gasteiger partial charge in [-0.3, -0.25) is 34.0 Å². The Bertz CT molecular complexity index is 2750. The molecule has 21 heteroatoms. The molecule has 388 valence electrons. The number of likely N-dealkylation sites (N-methyl/N-ethyl adjacent to an activating group) is 1. The molecule has 0 spiro atoms. The Morgan fingerprint density at radius 2 is 1.83 bits per heavy atom. The van der Waals surface area contributed by atoms with Gasteiger partial charge in [0.15, 0.2) is 0 Å². The number of nitrogens with one attached hydrogen (secondary N) is 2. The van der Waals surface area contributed by atoms with Crippen molar-refractivity contribution in [1.82, 2.24) is 40.1 Å². The largest absolute Gasteiger partial charge is 0.464 e.